The van der Waals surface area contributed by atoms with Crippen molar-refractivity contribution < 1.29 is 23.8 Å². The lowest BCUT2D eigenvalue weighted by Gasteiger charge is -2.28. The highest BCUT2D eigenvalue weighted by molar-refractivity contribution is 5.99. The number of carbonyl (C=O) groups excluding carboxylic acids is 2. The number of ether oxygens (including phenoxy) is 3. The maximum atomic E-state index is 12.8. The van der Waals surface area contributed by atoms with E-state index >= 15 is 0 Å². The summed E-state index contributed by atoms with van der Waals surface area (Å²) in [7, 11) is 0. The number of hydrogen-bond donors (Lipinski definition) is 1. The lowest BCUT2D eigenvalue weighted by molar-refractivity contribution is -0.140. The van der Waals surface area contributed by atoms with Crippen molar-refractivity contribution >= 4 is 17.6 Å². The molecule has 0 aliphatic heterocycles. The van der Waals surface area contributed by atoms with Crippen LogP contribution in [-0.4, -0.2) is 36.8 Å². The number of amides is 1. The van der Waals surface area contributed by atoms with E-state index in [9.17, 15) is 9.59 Å². The predicted octanol–water partition coefficient (Wildman–Crippen LogP) is 4.57. The molecule has 0 fully saturated rings. The molecule has 0 aliphatic carbocycles. The highest BCUT2D eigenvalue weighted by atomic mass is 16.5. The van der Waals surface area contributed by atoms with E-state index in [1.54, 1.807) is 32.0 Å². The Morgan fingerprint density at radius 3 is 2.41 bits per heavy atom. The molecule has 0 aliphatic rings. The molecule has 0 bridgehead atoms. The van der Waals surface area contributed by atoms with Crippen molar-refractivity contribution in [2.45, 2.75) is 72.5 Å². The third-order valence-electron chi connectivity index (χ3n) is 3.93. The topological polar surface area (TPSA) is 73.9 Å². The first-order valence-corrected chi connectivity index (χ1v) is 9.70. The van der Waals surface area contributed by atoms with Gasteiger partial charge in [-0.15, -0.1) is 0 Å². The van der Waals surface area contributed by atoms with Gasteiger partial charge in [0.05, 0.1) is 12.7 Å². The first-order chi connectivity index (χ1) is 12.8. The molecule has 0 unspecified atom stereocenters. The van der Waals surface area contributed by atoms with Gasteiger partial charge in [-0.2, -0.15) is 0 Å². The first kappa shape index (κ1) is 23.0. The van der Waals surface area contributed by atoms with Crippen LogP contribution in [0.4, 0.5) is 5.69 Å². The van der Waals surface area contributed by atoms with Gasteiger partial charge in [-0.3, -0.25) is 4.79 Å². The van der Waals surface area contributed by atoms with Gasteiger partial charge in [0, 0.05) is 12.3 Å². The molecule has 27 heavy (non-hydrogen) atoms. The van der Waals surface area contributed by atoms with E-state index in [2.05, 4.69) is 5.32 Å². The van der Waals surface area contributed by atoms with Crippen LogP contribution < -0.4 is 10.1 Å². The number of carbonyl (C=O) groups is 2. The molecule has 1 aromatic carbocycles. The van der Waals surface area contributed by atoms with Crippen LogP contribution in [0.3, 0.4) is 0 Å². The van der Waals surface area contributed by atoms with Crippen LogP contribution in [0, 0.1) is 0 Å². The van der Waals surface area contributed by atoms with Crippen molar-refractivity contribution in [2.24, 2.45) is 0 Å². The highest BCUT2D eigenvalue weighted by Crippen LogP contribution is 2.27. The Hall–Kier alpha value is -2.08. The molecule has 0 saturated heterocycles. The van der Waals surface area contributed by atoms with Crippen LogP contribution in [-0.2, 0) is 14.3 Å². The maximum Gasteiger partial charge on any atom is 0.341 e. The Labute approximate surface area is 162 Å². The van der Waals surface area contributed by atoms with Crippen LogP contribution >= 0.6 is 0 Å². The maximum absolute atomic E-state index is 12.8. The second-order valence-electron chi connectivity index (χ2n) is 6.88. The van der Waals surface area contributed by atoms with Crippen LogP contribution in [0.2, 0.25) is 0 Å². The molecule has 0 spiro atoms. The summed E-state index contributed by atoms with van der Waals surface area (Å²) < 4.78 is 16.6. The van der Waals surface area contributed by atoms with Crippen molar-refractivity contribution in [1.29, 1.82) is 0 Å². The molecule has 1 N–H and O–H groups in total. The molecule has 0 radical (unpaired) electrons. The molecule has 1 aromatic rings. The summed E-state index contributed by atoms with van der Waals surface area (Å²) in [6, 6.07) is 4.97. The van der Waals surface area contributed by atoms with Crippen molar-refractivity contribution in [1.82, 2.24) is 0 Å². The van der Waals surface area contributed by atoms with Gasteiger partial charge >= 0.3 is 5.97 Å². The van der Waals surface area contributed by atoms with E-state index in [4.69, 9.17) is 14.2 Å². The molecular formula is C21H33NO5. The Kier molecular flexibility index (Phi) is 9.29. The summed E-state index contributed by atoms with van der Waals surface area (Å²) in [5, 5.41) is 2.87. The van der Waals surface area contributed by atoms with Gasteiger partial charge in [-0.1, -0.05) is 20.3 Å². The lowest BCUT2D eigenvalue weighted by atomic mass is 9.98. The molecule has 1 amide bonds. The van der Waals surface area contributed by atoms with Gasteiger partial charge in [0.15, 0.2) is 0 Å². The molecule has 0 heterocycles. The third-order valence-corrected chi connectivity index (χ3v) is 3.93. The molecule has 6 heteroatoms. The largest absolute Gasteiger partial charge is 0.490 e. The minimum absolute atomic E-state index is 0.0890. The van der Waals surface area contributed by atoms with Crippen molar-refractivity contribution in [3.63, 3.8) is 0 Å². The Bertz CT molecular complexity index is 629. The fourth-order valence-corrected chi connectivity index (χ4v) is 2.65. The molecule has 1 atom stereocenters. The SMILES string of the molecule is CCCO[C@@](C)(CCC)C(=O)Nc1ccc(OC(C)C)c(C(=O)OCC)c1. The van der Waals surface area contributed by atoms with Gasteiger partial charge in [-0.25, -0.2) is 4.79 Å². The van der Waals surface area contributed by atoms with Crippen LogP contribution in [0.5, 0.6) is 5.75 Å². The van der Waals surface area contributed by atoms with E-state index in [1.807, 2.05) is 27.7 Å². The summed E-state index contributed by atoms with van der Waals surface area (Å²) in [4.78, 5) is 25.1. The summed E-state index contributed by atoms with van der Waals surface area (Å²) in [6.45, 7) is 12.1. The zero-order chi connectivity index (χ0) is 20.4. The lowest BCUT2D eigenvalue weighted by Crippen LogP contribution is -2.43. The van der Waals surface area contributed by atoms with E-state index in [0.29, 0.717) is 24.5 Å². The molecule has 0 aromatic heterocycles. The smallest absolute Gasteiger partial charge is 0.341 e. The van der Waals surface area contributed by atoms with Crippen LogP contribution in [0.15, 0.2) is 18.2 Å². The third kappa shape index (κ3) is 6.86. The molecule has 1 rings (SSSR count). The standard InChI is InChI=1S/C21H33NO5/c1-7-12-21(6,26-13-8-2)20(24)22-16-10-11-18(27-15(4)5)17(14-16)19(23)25-9-3/h10-11,14-15H,7-9,12-13H2,1-6H3,(H,22,24)/t21-/m0/s1. The van der Waals surface area contributed by atoms with Crippen molar-refractivity contribution in [3.8, 4) is 5.75 Å². The number of esters is 1. The van der Waals surface area contributed by atoms with Crippen molar-refractivity contribution in [3.05, 3.63) is 23.8 Å². The van der Waals surface area contributed by atoms with E-state index in [1.165, 1.54) is 0 Å². The molecule has 0 saturated carbocycles. The predicted molar refractivity (Wildman–Crippen MR) is 106 cm³/mol. The number of benzene rings is 1. The second kappa shape index (κ2) is 10.9. The summed E-state index contributed by atoms with van der Waals surface area (Å²) in [6.07, 6.45) is 2.18. The molecule has 6 nitrogen and oxygen atoms in total. The molecule has 152 valence electrons. The number of anilines is 1. The Balaban J connectivity index is 3.09. The van der Waals surface area contributed by atoms with Gasteiger partial charge < -0.3 is 19.5 Å². The van der Waals surface area contributed by atoms with E-state index in [0.717, 1.165) is 12.8 Å². The minimum Gasteiger partial charge on any atom is -0.490 e. The average Bonchev–Trinajstić information content (AvgIpc) is 2.61. The minimum atomic E-state index is -0.915. The number of nitrogens with one attached hydrogen (secondary N) is 1. The van der Waals surface area contributed by atoms with Gasteiger partial charge in [0.2, 0.25) is 0 Å². The van der Waals surface area contributed by atoms with Gasteiger partial charge in [0.25, 0.3) is 5.91 Å². The number of rotatable bonds is 11. The zero-order valence-corrected chi connectivity index (χ0v) is 17.4. The first-order valence-electron chi connectivity index (χ1n) is 9.70. The normalized spacial score (nSPS) is 13.1. The fraction of sp³-hybridized carbons (Fsp3) is 0.619. The number of hydrogen-bond acceptors (Lipinski definition) is 5. The van der Waals surface area contributed by atoms with Gasteiger partial charge in [-0.05, 0) is 58.7 Å². The summed E-state index contributed by atoms with van der Waals surface area (Å²) in [5.41, 5.74) is -0.126. The Morgan fingerprint density at radius 1 is 1.15 bits per heavy atom. The molecular weight excluding hydrogens is 346 g/mol. The van der Waals surface area contributed by atoms with Crippen LogP contribution in [0.25, 0.3) is 0 Å². The Morgan fingerprint density at radius 2 is 1.85 bits per heavy atom. The zero-order valence-electron chi connectivity index (χ0n) is 17.4. The summed E-state index contributed by atoms with van der Waals surface area (Å²) in [5.74, 6) is -0.284. The monoisotopic (exact) mass is 379 g/mol. The van der Waals surface area contributed by atoms with Crippen molar-refractivity contribution in [2.75, 3.05) is 18.5 Å². The average molecular weight is 379 g/mol. The second-order valence-corrected chi connectivity index (χ2v) is 6.88. The van der Waals surface area contributed by atoms with E-state index < -0.39 is 11.6 Å². The quantitative estimate of drug-likeness (QED) is 0.570. The van der Waals surface area contributed by atoms with E-state index in [-0.39, 0.29) is 24.2 Å². The summed E-state index contributed by atoms with van der Waals surface area (Å²) >= 11 is 0. The van der Waals surface area contributed by atoms with Gasteiger partial charge in [0.1, 0.15) is 16.9 Å². The highest BCUT2D eigenvalue weighted by Gasteiger charge is 2.33. The fourth-order valence-electron chi connectivity index (χ4n) is 2.65. The van der Waals surface area contributed by atoms with Crippen LogP contribution in [0.1, 0.15) is 71.2 Å².